The maximum Gasteiger partial charge on any atom is 0.0722 e. The van der Waals surface area contributed by atoms with E-state index in [1.165, 1.54) is 49.0 Å². The van der Waals surface area contributed by atoms with Crippen LogP contribution in [0.3, 0.4) is 0 Å². The summed E-state index contributed by atoms with van der Waals surface area (Å²) >= 11 is 3.78. The second kappa shape index (κ2) is 7.18. The molecular weight excluding hydrogens is 446 g/mol. The van der Waals surface area contributed by atoms with Gasteiger partial charge in [0.25, 0.3) is 0 Å². The molecule has 0 saturated carbocycles. The molecule has 2 aliphatic rings. The van der Waals surface area contributed by atoms with E-state index in [-0.39, 0.29) is 0 Å². The zero-order chi connectivity index (χ0) is 21.0. The van der Waals surface area contributed by atoms with Gasteiger partial charge in [-0.15, -0.1) is 0 Å². The molecule has 0 bridgehead atoms. The summed E-state index contributed by atoms with van der Waals surface area (Å²) in [6, 6.07) is 17.8. The van der Waals surface area contributed by atoms with Crippen molar-refractivity contribution in [3.05, 3.63) is 98.8 Å². The molecule has 1 nitrogen and oxygen atoms in total. The summed E-state index contributed by atoms with van der Waals surface area (Å²) < 4.78 is 1.21. The third-order valence-corrected chi connectivity index (χ3v) is 12.2. The molecule has 3 heteroatoms. The average Bonchev–Trinajstić information content (AvgIpc) is 3.25. The first-order valence-electron chi connectivity index (χ1n) is 10.6. The smallest absolute Gasteiger partial charge is 0.0722 e. The number of nitrogens with zero attached hydrogens (tertiary/aromatic N) is 1. The van der Waals surface area contributed by atoms with Crippen molar-refractivity contribution in [3.63, 3.8) is 0 Å². The number of rotatable bonds is 3. The number of hydrogen-bond donors (Lipinski definition) is 0. The lowest BCUT2D eigenvalue weighted by molar-refractivity contribution is 0.968. The Morgan fingerprint density at radius 1 is 0.767 bits per heavy atom. The Morgan fingerprint density at radius 2 is 1.33 bits per heavy atom. The maximum atomic E-state index is 4.20. The Kier molecular flexibility index (Phi) is 4.72. The summed E-state index contributed by atoms with van der Waals surface area (Å²) in [7, 11) is -1.78. The molecule has 0 spiro atoms. The third kappa shape index (κ3) is 2.90. The largest absolute Gasteiger partial charge is 0.265 e. The molecule has 0 N–H and O–H groups in total. The van der Waals surface area contributed by atoms with Gasteiger partial charge in [0.15, 0.2) is 0 Å². The van der Waals surface area contributed by atoms with Crippen molar-refractivity contribution in [2.75, 3.05) is 0 Å². The van der Waals surface area contributed by atoms with Crippen LogP contribution in [0.4, 0.5) is 0 Å². The van der Waals surface area contributed by atoms with Crippen molar-refractivity contribution < 1.29 is 0 Å². The quantitative estimate of drug-likeness (QED) is 0.352. The van der Waals surface area contributed by atoms with Crippen LogP contribution in [0.2, 0.25) is 13.1 Å². The molecule has 2 unspecified atom stereocenters. The van der Waals surface area contributed by atoms with E-state index >= 15 is 0 Å². The van der Waals surface area contributed by atoms with Crippen molar-refractivity contribution in [1.82, 2.24) is 4.98 Å². The first-order chi connectivity index (χ1) is 14.4. The van der Waals surface area contributed by atoms with Crippen LogP contribution in [0.25, 0.3) is 23.3 Å². The molecule has 0 saturated heterocycles. The number of allylic oxidation sites excluding steroid dienone is 2. The lowest BCUT2D eigenvalue weighted by Crippen LogP contribution is -2.42. The first-order valence-corrected chi connectivity index (χ1v) is 14.5. The van der Waals surface area contributed by atoms with Crippen LogP contribution in [0.5, 0.6) is 0 Å². The molecule has 1 aromatic heterocycles. The summed E-state index contributed by atoms with van der Waals surface area (Å²) in [5, 5.41) is 0. The van der Waals surface area contributed by atoms with Gasteiger partial charge < -0.3 is 0 Å². The van der Waals surface area contributed by atoms with Gasteiger partial charge in [-0.1, -0.05) is 82.7 Å². The summed E-state index contributed by atoms with van der Waals surface area (Å²) in [5.41, 5.74) is 12.5. The fraction of sp³-hybridized carbons (Fsp3) is 0.222. The van der Waals surface area contributed by atoms with Crippen LogP contribution in [0.15, 0.2) is 76.5 Å². The minimum absolute atomic E-state index is 0.521. The van der Waals surface area contributed by atoms with E-state index < -0.39 is 8.07 Å². The molecule has 2 aliphatic carbocycles. The van der Waals surface area contributed by atoms with Crippen LogP contribution in [0, 0.1) is 0 Å². The SMILES string of the molecule is CC1=Cc2c(Br)cccc2C1[Si](C)(C)C1C(C)=Cc2c(-c3ccncc3)cccc21. The Bertz CT molecular complexity index is 1210. The Morgan fingerprint density at radius 3 is 2.00 bits per heavy atom. The van der Waals surface area contributed by atoms with Crippen LogP contribution >= 0.6 is 15.9 Å². The highest BCUT2D eigenvalue weighted by atomic mass is 79.9. The van der Waals surface area contributed by atoms with E-state index in [4.69, 9.17) is 0 Å². The summed E-state index contributed by atoms with van der Waals surface area (Å²) in [6.07, 6.45) is 8.62. The van der Waals surface area contributed by atoms with Crippen molar-refractivity contribution in [2.24, 2.45) is 0 Å². The number of hydrogen-bond acceptors (Lipinski definition) is 1. The van der Waals surface area contributed by atoms with Gasteiger partial charge in [-0.25, -0.2) is 0 Å². The average molecular weight is 473 g/mol. The van der Waals surface area contributed by atoms with Crippen molar-refractivity contribution in [2.45, 2.75) is 38.0 Å². The molecule has 1 heterocycles. The van der Waals surface area contributed by atoms with Crippen LogP contribution < -0.4 is 0 Å². The highest BCUT2D eigenvalue weighted by molar-refractivity contribution is 9.10. The molecule has 0 amide bonds. The van der Waals surface area contributed by atoms with E-state index in [9.17, 15) is 0 Å². The molecule has 0 radical (unpaired) electrons. The van der Waals surface area contributed by atoms with Crippen LogP contribution in [-0.4, -0.2) is 13.1 Å². The summed E-state index contributed by atoms with van der Waals surface area (Å²) in [6.45, 7) is 9.84. The van der Waals surface area contributed by atoms with Crippen molar-refractivity contribution in [3.8, 4) is 11.1 Å². The Hall–Kier alpha value is -2.23. The standard InChI is InChI=1S/C27H26BrNSi/c1-17-15-23-20(19-11-13-29-14-12-19)7-5-8-21(23)26(17)30(3,4)27-18(2)16-24-22(27)9-6-10-25(24)28/h5-16,26-27H,1-4H3. The summed E-state index contributed by atoms with van der Waals surface area (Å²) in [5.74, 6) is 0. The number of halogens is 1. The lowest BCUT2D eigenvalue weighted by atomic mass is 9.98. The minimum atomic E-state index is -1.78. The van der Waals surface area contributed by atoms with Gasteiger partial charge in [-0.2, -0.15) is 0 Å². The van der Waals surface area contributed by atoms with Crippen LogP contribution in [-0.2, 0) is 0 Å². The molecular formula is C27H26BrNSi. The van der Waals surface area contributed by atoms with E-state index in [1.807, 2.05) is 12.4 Å². The molecule has 30 heavy (non-hydrogen) atoms. The van der Waals surface area contributed by atoms with E-state index in [2.05, 4.69) is 109 Å². The third-order valence-electron chi connectivity index (χ3n) is 6.98. The van der Waals surface area contributed by atoms with E-state index in [0.29, 0.717) is 11.1 Å². The predicted octanol–water partition coefficient (Wildman–Crippen LogP) is 8.00. The second-order valence-corrected chi connectivity index (χ2v) is 14.9. The number of aromatic nitrogens is 1. The van der Waals surface area contributed by atoms with E-state index in [0.717, 1.165) is 0 Å². The second-order valence-electron chi connectivity index (χ2n) is 9.25. The molecule has 0 fully saturated rings. The first kappa shape index (κ1) is 19.7. The minimum Gasteiger partial charge on any atom is -0.265 e. The number of pyridine rings is 1. The predicted molar refractivity (Wildman–Crippen MR) is 134 cm³/mol. The monoisotopic (exact) mass is 471 g/mol. The number of fused-ring (bicyclic) bond motifs is 2. The van der Waals surface area contributed by atoms with Gasteiger partial charge in [-0.05, 0) is 65.4 Å². The van der Waals surface area contributed by atoms with Crippen LogP contribution in [0.1, 0.15) is 47.2 Å². The fourth-order valence-electron chi connectivity index (χ4n) is 5.99. The van der Waals surface area contributed by atoms with Crippen molar-refractivity contribution in [1.29, 1.82) is 0 Å². The molecule has 150 valence electrons. The molecule has 5 rings (SSSR count). The van der Waals surface area contributed by atoms with Gasteiger partial charge in [-0.3, -0.25) is 4.98 Å². The van der Waals surface area contributed by atoms with Gasteiger partial charge in [0.1, 0.15) is 0 Å². The van der Waals surface area contributed by atoms with Crippen molar-refractivity contribution >= 4 is 36.2 Å². The molecule has 2 aromatic carbocycles. The highest BCUT2D eigenvalue weighted by Crippen LogP contribution is 2.53. The van der Waals surface area contributed by atoms with Gasteiger partial charge >= 0.3 is 0 Å². The topological polar surface area (TPSA) is 12.9 Å². The Balaban J connectivity index is 1.64. The fourth-order valence-corrected chi connectivity index (χ4v) is 11.4. The van der Waals surface area contributed by atoms with Gasteiger partial charge in [0, 0.05) is 27.9 Å². The Labute approximate surface area is 188 Å². The lowest BCUT2D eigenvalue weighted by Gasteiger charge is -2.39. The zero-order valence-corrected chi connectivity index (χ0v) is 20.5. The normalized spacial score (nSPS) is 19.9. The number of benzene rings is 2. The zero-order valence-electron chi connectivity index (χ0n) is 17.9. The van der Waals surface area contributed by atoms with Gasteiger partial charge in [0.05, 0.1) is 8.07 Å². The maximum absolute atomic E-state index is 4.20. The molecule has 0 aliphatic heterocycles. The molecule has 2 atom stereocenters. The molecule has 3 aromatic rings. The van der Waals surface area contributed by atoms with Gasteiger partial charge in [0.2, 0.25) is 0 Å². The summed E-state index contributed by atoms with van der Waals surface area (Å²) in [4.78, 5) is 4.20. The van der Waals surface area contributed by atoms with E-state index in [1.54, 1.807) is 0 Å². The highest BCUT2D eigenvalue weighted by Gasteiger charge is 2.47.